The molecule has 5 nitrogen and oxygen atoms in total. The average molecular weight is 338 g/mol. The number of aliphatic hydroxyl groups is 1. The lowest BCUT2D eigenvalue weighted by molar-refractivity contribution is -0.122. The van der Waals surface area contributed by atoms with Gasteiger partial charge in [-0.05, 0) is 30.7 Å². The van der Waals surface area contributed by atoms with Gasteiger partial charge >= 0.3 is 0 Å². The molecule has 0 saturated heterocycles. The molecule has 2 amide bonds. The van der Waals surface area contributed by atoms with E-state index in [9.17, 15) is 14.7 Å². The quantitative estimate of drug-likeness (QED) is 0.527. The van der Waals surface area contributed by atoms with Crippen LogP contribution in [0.15, 0.2) is 16.8 Å². The van der Waals surface area contributed by atoms with E-state index >= 15 is 0 Å². The second-order valence-corrected chi connectivity index (χ2v) is 6.91. The number of rotatable bonds is 7. The van der Waals surface area contributed by atoms with Gasteiger partial charge < -0.3 is 15.7 Å². The number of nitrogens with one attached hydrogen (secondary N) is 2. The Hall–Kier alpha value is -1.40. The lowest BCUT2D eigenvalue weighted by atomic mass is 9.95. The Balaban J connectivity index is 1.65. The second-order valence-electron chi connectivity index (χ2n) is 6.13. The van der Waals surface area contributed by atoms with E-state index in [1.54, 1.807) is 6.07 Å². The van der Waals surface area contributed by atoms with Gasteiger partial charge in [0.05, 0.1) is 0 Å². The van der Waals surface area contributed by atoms with Crippen molar-refractivity contribution in [1.82, 2.24) is 10.6 Å². The molecule has 6 heteroatoms. The number of aliphatic hydroxyl groups excluding tert-OH is 1. The summed E-state index contributed by atoms with van der Waals surface area (Å²) in [6, 6.07) is 1.88. The van der Waals surface area contributed by atoms with Crippen molar-refractivity contribution >= 4 is 23.2 Å². The lowest BCUT2D eigenvalue weighted by Crippen LogP contribution is -2.41. The summed E-state index contributed by atoms with van der Waals surface area (Å²) in [5.41, 5.74) is 0.670. The highest BCUT2D eigenvalue weighted by atomic mass is 32.1. The highest BCUT2D eigenvalue weighted by Crippen LogP contribution is 2.23. The zero-order chi connectivity index (χ0) is 16.5. The molecule has 128 valence electrons. The average Bonchev–Trinajstić information content (AvgIpc) is 3.00. The Bertz CT molecular complexity index is 490. The van der Waals surface area contributed by atoms with Gasteiger partial charge in [-0.1, -0.05) is 19.3 Å². The summed E-state index contributed by atoms with van der Waals surface area (Å²) in [5, 5.41) is 19.0. The van der Waals surface area contributed by atoms with Crippen LogP contribution < -0.4 is 10.6 Å². The minimum Gasteiger partial charge on any atom is -0.396 e. The third-order valence-corrected chi connectivity index (χ3v) is 5.07. The lowest BCUT2D eigenvalue weighted by Gasteiger charge is -2.24. The van der Waals surface area contributed by atoms with E-state index in [2.05, 4.69) is 10.6 Å². The van der Waals surface area contributed by atoms with Crippen molar-refractivity contribution in [2.45, 2.75) is 51.0 Å². The molecule has 0 aliphatic heterocycles. The van der Waals surface area contributed by atoms with E-state index in [1.807, 2.05) is 10.8 Å². The molecule has 3 N–H and O–H groups in total. The van der Waals surface area contributed by atoms with E-state index < -0.39 is 0 Å². The molecule has 0 radical (unpaired) electrons. The highest BCUT2D eigenvalue weighted by molar-refractivity contribution is 7.08. The highest BCUT2D eigenvalue weighted by Gasteiger charge is 2.24. The summed E-state index contributed by atoms with van der Waals surface area (Å²) >= 11 is 1.49. The SMILES string of the molecule is O=C(CCCNC(=O)c1ccsc1)NC1CCCCCC1CO. The number of hydrogen-bond donors (Lipinski definition) is 3. The molecular weight excluding hydrogens is 312 g/mol. The molecule has 1 fully saturated rings. The zero-order valence-corrected chi connectivity index (χ0v) is 14.2. The summed E-state index contributed by atoms with van der Waals surface area (Å²) in [4.78, 5) is 23.8. The number of carbonyl (C=O) groups is 2. The number of thiophene rings is 1. The van der Waals surface area contributed by atoms with Crippen LogP contribution in [0.3, 0.4) is 0 Å². The molecule has 2 unspecified atom stereocenters. The predicted octanol–water partition coefficient (Wildman–Crippen LogP) is 2.32. The fourth-order valence-corrected chi connectivity index (χ4v) is 3.65. The van der Waals surface area contributed by atoms with Gasteiger partial charge in [-0.2, -0.15) is 11.3 Å². The number of carbonyl (C=O) groups excluding carboxylic acids is 2. The van der Waals surface area contributed by atoms with Crippen LogP contribution in [0.2, 0.25) is 0 Å². The van der Waals surface area contributed by atoms with Crippen LogP contribution in [-0.4, -0.2) is 36.1 Å². The second kappa shape index (κ2) is 9.67. The van der Waals surface area contributed by atoms with Gasteiger partial charge in [-0.15, -0.1) is 0 Å². The minimum absolute atomic E-state index is 0.0140. The molecule has 2 atom stereocenters. The van der Waals surface area contributed by atoms with Gasteiger partial charge in [-0.25, -0.2) is 0 Å². The van der Waals surface area contributed by atoms with Gasteiger partial charge in [0, 0.05) is 42.5 Å². The van der Waals surface area contributed by atoms with Crippen LogP contribution in [0.1, 0.15) is 55.3 Å². The molecule has 2 rings (SSSR count). The largest absolute Gasteiger partial charge is 0.396 e. The van der Waals surface area contributed by atoms with Gasteiger partial charge in [0.2, 0.25) is 5.91 Å². The molecular formula is C17H26N2O3S. The van der Waals surface area contributed by atoms with Crippen molar-refractivity contribution < 1.29 is 14.7 Å². The van der Waals surface area contributed by atoms with Crippen molar-refractivity contribution in [3.05, 3.63) is 22.4 Å². The first-order chi connectivity index (χ1) is 11.2. The first kappa shape index (κ1) is 17.9. The molecule has 0 bridgehead atoms. The molecule has 23 heavy (non-hydrogen) atoms. The molecule has 0 spiro atoms. The Kier molecular flexibility index (Phi) is 7.55. The van der Waals surface area contributed by atoms with Gasteiger partial charge in [0.1, 0.15) is 0 Å². The van der Waals surface area contributed by atoms with Crippen LogP contribution in [0.5, 0.6) is 0 Å². The zero-order valence-electron chi connectivity index (χ0n) is 13.4. The summed E-state index contributed by atoms with van der Waals surface area (Å²) in [5.74, 6) is 0.107. The van der Waals surface area contributed by atoms with Gasteiger partial charge in [0.25, 0.3) is 5.91 Å². The Labute approximate surface area is 141 Å². The van der Waals surface area contributed by atoms with Crippen molar-refractivity contribution in [2.24, 2.45) is 5.92 Å². The maximum Gasteiger partial charge on any atom is 0.252 e. The first-order valence-corrected chi connectivity index (χ1v) is 9.35. The monoisotopic (exact) mass is 338 g/mol. The van der Waals surface area contributed by atoms with Crippen LogP contribution in [-0.2, 0) is 4.79 Å². The summed E-state index contributed by atoms with van der Waals surface area (Å²) in [6.45, 7) is 0.637. The maximum absolute atomic E-state index is 12.1. The van der Waals surface area contributed by atoms with Crippen molar-refractivity contribution in [3.63, 3.8) is 0 Å². The van der Waals surface area contributed by atoms with Gasteiger partial charge in [0.15, 0.2) is 0 Å². The van der Waals surface area contributed by atoms with Crippen molar-refractivity contribution in [2.75, 3.05) is 13.2 Å². The Morgan fingerprint density at radius 2 is 2.09 bits per heavy atom. The van der Waals surface area contributed by atoms with Crippen molar-refractivity contribution in [1.29, 1.82) is 0 Å². The smallest absolute Gasteiger partial charge is 0.252 e. The summed E-state index contributed by atoms with van der Waals surface area (Å²) < 4.78 is 0. The third kappa shape index (κ3) is 5.95. The van der Waals surface area contributed by atoms with E-state index in [0.717, 1.165) is 25.7 Å². The molecule has 1 saturated carbocycles. The van der Waals surface area contributed by atoms with Gasteiger partial charge in [-0.3, -0.25) is 9.59 Å². The van der Waals surface area contributed by atoms with Crippen LogP contribution >= 0.6 is 11.3 Å². The first-order valence-electron chi connectivity index (χ1n) is 8.41. The van der Waals surface area contributed by atoms with E-state index in [0.29, 0.717) is 24.9 Å². The Morgan fingerprint density at radius 3 is 2.83 bits per heavy atom. The number of amides is 2. The molecule has 1 aliphatic rings. The predicted molar refractivity (Wildman–Crippen MR) is 91.5 cm³/mol. The van der Waals surface area contributed by atoms with E-state index in [-0.39, 0.29) is 30.4 Å². The molecule has 1 aromatic rings. The van der Waals surface area contributed by atoms with Crippen LogP contribution in [0.25, 0.3) is 0 Å². The van der Waals surface area contributed by atoms with E-state index in [1.165, 1.54) is 17.8 Å². The fraction of sp³-hybridized carbons (Fsp3) is 0.647. The standard InChI is InChI=1S/C17H26N2O3S/c20-11-13-5-2-1-3-6-15(13)19-16(21)7-4-9-18-17(22)14-8-10-23-12-14/h8,10,12-13,15,20H,1-7,9,11H2,(H,18,22)(H,19,21). The van der Waals surface area contributed by atoms with Crippen molar-refractivity contribution in [3.8, 4) is 0 Å². The summed E-state index contributed by atoms with van der Waals surface area (Å²) in [6.07, 6.45) is 6.38. The van der Waals surface area contributed by atoms with E-state index in [4.69, 9.17) is 0 Å². The third-order valence-electron chi connectivity index (χ3n) is 4.39. The minimum atomic E-state index is -0.0872. The molecule has 1 aromatic heterocycles. The normalized spacial score (nSPS) is 21.4. The topological polar surface area (TPSA) is 78.4 Å². The summed E-state index contributed by atoms with van der Waals surface area (Å²) in [7, 11) is 0. The van der Waals surface area contributed by atoms with Crippen LogP contribution in [0.4, 0.5) is 0 Å². The molecule has 1 heterocycles. The van der Waals surface area contributed by atoms with Crippen LogP contribution in [0, 0.1) is 5.92 Å². The molecule has 0 aromatic carbocycles. The number of hydrogen-bond acceptors (Lipinski definition) is 4. The maximum atomic E-state index is 12.1. The fourth-order valence-electron chi connectivity index (χ4n) is 3.02. The molecule has 1 aliphatic carbocycles. The Morgan fingerprint density at radius 1 is 1.26 bits per heavy atom.